The standard InChI is InChI=1S/C21H24N4O7S/c1-25(33(27,28)16-9-10-17(30-3)18(11-16)31-4)13-19(26)22-12-20-23-21(24-32-20)14-5-7-15(29-2)8-6-14/h5-11H,12-13H2,1-4H3,(H,22,26). The first-order chi connectivity index (χ1) is 15.8. The lowest BCUT2D eigenvalue weighted by atomic mass is 10.2. The molecule has 3 rings (SSSR count). The zero-order valence-electron chi connectivity index (χ0n) is 18.6. The molecule has 0 fully saturated rings. The van der Waals surface area contributed by atoms with Crippen molar-refractivity contribution in [2.75, 3.05) is 34.9 Å². The molecule has 1 amide bonds. The van der Waals surface area contributed by atoms with Crippen molar-refractivity contribution < 1.29 is 31.9 Å². The average molecular weight is 477 g/mol. The summed E-state index contributed by atoms with van der Waals surface area (Å²) < 4.78 is 47.1. The second-order valence-corrected chi connectivity index (χ2v) is 8.84. The van der Waals surface area contributed by atoms with Gasteiger partial charge < -0.3 is 24.1 Å². The molecule has 0 aliphatic rings. The van der Waals surface area contributed by atoms with E-state index in [-0.39, 0.29) is 23.1 Å². The number of nitrogens with zero attached hydrogens (tertiary/aromatic N) is 3. The van der Waals surface area contributed by atoms with E-state index in [9.17, 15) is 13.2 Å². The topological polar surface area (TPSA) is 133 Å². The largest absolute Gasteiger partial charge is 0.497 e. The molecule has 1 aromatic heterocycles. The van der Waals surface area contributed by atoms with Crippen LogP contribution in [0.25, 0.3) is 11.4 Å². The maximum absolute atomic E-state index is 12.8. The minimum absolute atomic E-state index is 0.0310. The van der Waals surface area contributed by atoms with E-state index in [0.717, 1.165) is 9.87 Å². The van der Waals surface area contributed by atoms with E-state index < -0.39 is 22.5 Å². The molecule has 0 saturated heterocycles. The molecule has 0 spiro atoms. The molecule has 0 radical (unpaired) electrons. The molecule has 2 aromatic carbocycles. The van der Waals surface area contributed by atoms with Crippen LogP contribution in [0.15, 0.2) is 51.9 Å². The number of carbonyl (C=O) groups excluding carboxylic acids is 1. The molecule has 0 unspecified atom stereocenters. The number of nitrogens with one attached hydrogen (secondary N) is 1. The molecular formula is C21H24N4O7S. The summed E-state index contributed by atoms with van der Waals surface area (Å²) in [4.78, 5) is 16.5. The number of likely N-dealkylation sites (N-methyl/N-ethyl adjacent to an activating group) is 1. The quantitative estimate of drug-likeness (QED) is 0.464. The van der Waals surface area contributed by atoms with E-state index in [0.29, 0.717) is 17.3 Å². The van der Waals surface area contributed by atoms with Crippen molar-refractivity contribution in [3.05, 3.63) is 48.4 Å². The molecule has 0 aliphatic carbocycles. The van der Waals surface area contributed by atoms with Crippen LogP contribution in [0.2, 0.25) is 0 Å². The zero-order chi connectivity index (χ0) is 24.0. The predicted octanol–water partition coefficient (Wildman–Crippen LogP) is 1.70. The fraction of sp³-hybridized carbons (Fsp3) is 0.286. The van der Waals surface area contributed by atoms with Gasteiger partial charge in [0.05, 0.1) is 39.3 Å². The van der Waals surface area contributed by atoms with Crippen molar-refractivity contribution >= 4 is 15.9 Å². The number of methoxy groups -OCH3 is 3. The van der Waals surface area contributed by atoms with Gasteiger partial charge in [0.1, 0.15) is 5.75 Å². The number of benzene rings is 2. The Labute approximate surface area is 191 Å². The van der Waals surface area contributed by atoms with E-state index in [1.165, 1.54) is 39.5 Å². The van der Waals surface area contributed by atoms with Gasteiger partial charge in [-0.2, -0.15) is 9.29 Å². The summed E-state index contributed by atoms with van der Waals surface area (Å²) in [6.07, 6.45) is 0. The molecule has 3 aromatic rings. The van der Waals surface area contributed by atoms with Gasteiger partial charge in [-0.15, -0.1) is 0 Å². The van der Waals surface area contributed by atoms with Gasteiger partial charge in [0.2, 0.25) is 27.6 Å². The van der Waals surface area contributed by atoms with Gasteiger partial charge in [0.15, 0.2) is 11.5 Å². The molecule has 11 nitrogen and oxygen atoms in total. The third-order valence-corrected chi connectivity index (χ3v) is 6.48. The second-order valence-electron chi connectivity index (χ2n) is 6.79. The highest BCUT2D eigenvalue weighted by Gasteiger charge is 2.24. The first-order valence-electron chi connectivity index (χ1n) is 9.70. The molecule has 1 heterocycles. The molecule has 0 bridgehead atoms. The monoisotopic (exact) mass is 476 g/mol. The average Bonchev–Trinajstić information content (AvgIpc) is 3.31. The fourth-order valence-electron chi connectivity index (χ4n) is 2.86. The van der Waals surface area contributed by atoms with Gasteiger partial charge >= 0.3 is 0 Å². The van der Waals surface area contributed by atoms with Crippen LogP contribution in [-0.4, -0.2) is 63.7 Å². The van der Waals surface area contributed by atoms with Crippen molar-refractivity contribution in [2.24, 2.45) is 0 Å². The number of sulfonamides is 1. The molecule has 12 heteroatoms. The lowest BCUT2D eigenvalue weighted by molar-refractivity contribution is -0.121. The smallest absolute Gasteiger partial charge is 0.246 e. The lowest BCUT2D eigenvalue weighted by Gasteiger charge is -2.17. The van der Waals surface area contributed by atoms with Gasteiger partial charge in [-0.3, -0.25) is 4.79 Å². The van der Waals surface area contributed by atoms with Crippen LogP contribution >= 0.6 is 0 Å². The maximum Gasteiger partial charge on any atom is 0.246 e. The summed E-state index contributed by atoms with van der Waals surface area (Å²) in [7, 11) is 1.79. The highest BCUT2D eigenvalue weighted by atomic mass is 32.2. The summed E-state index contributed by atoms with van der Waals surface area (Å²) in [5.74, 6) is 1.35. The van der Waals surface area contributed by atoms with Crippen LogP contribution in [0.5, 0.6) is 17.2 Å². The minimum atomic E-state index is -3.94. The Bertz CT molecular complexity index is 1210. The van der Waals surface area contributed by atoms with Gasteiger partial charge in [-0.25, -0.2) is 8.42 Å². The van der Waals surface area contributed by atoms with Crippen LogP contribution in [0.4, 0.5) is 0 Å². The number of carbonyl (C=O) groups is 1. The summed E-state index contributed by atoms with van der Waals surface area (Å²) >= 11 is 0. The molecule has 1 N–H and O–H groups in total. The number of amides is 1. The fourth-order valence-corrected chi connectivity index (χ4v) is 4.00. The van der Waals surface area contributed by atoms with Crippen LogP contribution in [0.3, 0.4) is 0 Å². The molecule has 0 aliphatic heterocycles. The number of aromatic nitrogens is 2. The van der Waals surface area contributed by atoms with Crippen molar-refractivity contribution in [3.63, 3.8) is 0 Å². The van der Waals surface area contributed by atoms with Crippen LogP contribution < -0.4 is 19.5 Å². The third kappa shape index (κ3) is 5.59. The Morgan fingerprint density at radius 2 is 1.73 bits per heavy atom. The van der Waals surface area contributed by atoms with Gasteiger partial charge in [0.25, 0.3) is 0 Å². The van der Waals surface area contributed by atoms with Gasteiger partial charge in [0, 0.05) is 18.7 Å². The lowest BCUT2D eigenvalue weighted by Crippen LogP contribution is -2.38. The number of hydrogen-bond donors (Lipinski definition) is 1. The summed E-state index contributed by atoms with van der Waals surface area (Å²) in [6, 6.07) is 11.3. The van der Waals surface area contributed by atoms with E-state index in [4.69, 9.17) is 18.7 Å². The highest BCUT2D eigenvalue weighted by Crippen LogP contribution is 2.30. The Kier molecular flexibility index (Phi) is 7.51. The highest BCUT2D eigenvalue weighted by molar-refractivity contribution is 7.89. The van der Waals surface area contributed by atoms with Crippen LogP contribution in [0.1, 0.15) is 5.89 Å². The summed E-state index contributed by atoms with van der Waals surface area (Å²) in [5, 5.41) is 6.45. The van der Waals surface area contributed by atoms with E-state index in [1.54, 1.807) is 31.4 Å². The Morgan fingerprint density at radius 3 is 2.36 bits per heavy atom. The molecule has 0 atom stereocenters. The van der Waals surface area contributed by atoms with Crippen molar-refractivity contribution in [2.45, 2.75) is 11.4 Å². The predicted molar refractivity (Wildman–Crippen MR) is 117 cm³/mol. The first kappa shape index (κ1) is 24.0. The van der Waals surface area contributed by atoms with E-state index >= 15 is 0 Å². The second kappa shape index (κ2) is 10.3. The van der Waals surface area contributed by atoms with Gasteiger partial charge in [-0.1, -0.05) is 5.16 Å². The van der Waals surface area contributed by atoms with Crippen molar-refractivity contribution in [3.8, 4) is 28.6 Å². The Hall–Kier alpha value is -3.64. The van der Waals surface area contributed by atoms with Crippen LogP contribution in [0, 0.1) is 0 Å². The van der Waals surface area contributed by atoms with Crippen LogP contribution in [-0.2, 0) is 21.4 Å². The Balaban J connectivity index is 1.60. The molecule has 0 saturated carbocycles. The van der Waals surface area contributed by atoms with E-state index in [1.807, 2.05) is 0 Å². The SMILES string of the molecule is COc1ccc(-c2noc(CNC(=O)CN(C)S(=O)(=O)c3ccc(OC)c(OC)c3)n2)cc1. The third-order valence-electron chi connectivity index (χ3n) is 4.68. The summed E-state index contributed by atoms with van der Waals surface area (Å²) in [6.45, 7) is -0.456. The number of hydrogen-bond acceptors (Lipinski definition) is 9. The minimum Gasteiger partial charge on any atom is -0.497 e. The van der Waals surface area contributed by atoms with Gasteiger partial charge in [-0.05, 0) is 36.4 Å². The maximum atomic E-state index is 12.8. The number of ether oxygens (including phenoxy) is 3. The van der Waals surface area contributed by atoms with E-state index in [2.05, 4.69) is 15.5 Å². The van der Waals surface area contributed by atoms with Crippen molar-refractivity contribution in [1.29, 1.82) is 0 Å². The first-order valence-corrected chi connectivity index (χ1v) is 11.1. The normalized spacial score (nSPS) is 11.3. The Morgan fingerprint density at radius 1 is 1.03 bits per heavy atom. The molecule has 176 valence electrons. The molecule has 33 heavy (non-hydrogen) atoms. The zero-order valence-corrected chi connectivity index (χ0v) is 19.4. The summed E-state index contributed by atoms with van der Waals surface area (Å²) in [5.41, 5.74) is 0.720. The number of rotatable bonds is 10. The van der Waals surface area contributed by atoms with Crippen molar-refractivity contribution in [1.82, 2.24) is 19.8 Å². The molecular weight excluding hydrogens is 452 g/mol.